The van der Waals surface area contributed by atoms with Gasteiger partial charge in [-0.1, -0.05) is 30.8 Å². The summed E-state index contributed by atoms with van der Waals surface area (Å²) in [6.07, 6.45) is 0.815. The van der Waals surface area contributed by atoms with Crippen molar-refractivity contribution < 1.29 is 10.0 Å². The third-order valence-electron chi connectivity index (χ3n) is 1.55. The Kier molecular flexibility index (Phi) is 2.97. The number of rotatable bonds is 2. The predicted molar refractivity (Wildman–Crippen MR) is 48.2 cm³/mol. The summed E-state index contributed by atoms with van der Waals surface area (Å²) in [6, 6.07) is 0. The molecule has 1 heterocycles. The molecule has 0 aromatic heterocycles. The first-order valence-electron chi connectivity index (χ1n) is 3.83. The zero-order valence-electron chi connectivity index (χ0n) is 7.07. The molecule has 0 radical (unpaired) electrons. The van der Waals surface area contributed by atoms with Crippen molar-refractivity contribution in [1.82, 2.24) is 5.32 Å². The van der Waals surface area contributed by atoms with Crippen LogP contribution in [0.1, 0.15) is 20.3 Å². The number of oxime groups is 1. The van der Waals surface area contributed by atoms with Crippen molar-refractivity contribution in [3.05, 3.63) is 0 Å². The minimum absolute atomic E-state index is 0.0542. The van der Waals surface area contributed by atoms with E-state index in [1.807, 2.05) is 0 Å². The van der Waals surface area contributed by atoms with Gasteiger partial charge in [-0.05, 0) is 12.3 Å². The molecule has 5 heteroatoms. The Morgan fingerprint density at radius 2 is 2.42 bits per heavy atom. The van der Waals surface area contributed by atoms with Gasteiger partial charge in [0.25, 0.3) is 0 Å². The molecule has 1 atom stereocenters. The van der Waals surface area contributed by atoms with Gasteiger partial charge < -0.3 is 10.5 Å². The van der Waals surface area contributed by atoms with Crippen LogP contribution in [0.15, 0.2) is 5.16 Å². The van der Waals surface area contributed by atoms with Gasteiger partial charge in [-0.25, -0.2) is 0 Å². The van der Waals surface area contributed by atoms with Gasteiger partial charge in [0.15, 0.2) is 0 Å². The molecule has 0 saturated carbocycles. The minimum Gasteiger partial charge on any atom is -0.409 e. The SMILES string of the molecule is CC(C)CC1S/C(=N\O)NC1=O. The van der Waals surface area contributed by atoms with Crippen LogP contribution in [0.4, 0.5) is 0 Å². The number of thioether (sulfide) groups is 1. The summed E-state index contributed by atoms with van der Waals surface area (Å²) in [7, 11) is 0. The molecule has 0 aromatic rings. The second-order valence-electron chi connectivity index (χ2n) is 3.13. The van der Waals surface area contributed by atoms with Crippen LogP contribution in [0.25, 0.3) is 0 Å². The van der Waals surface area contributed by atoms with E-state index < -0.39 is 0 Å². The highest BCUT2D eigenvalue weighted by molar-refractivity contribution is 8.15. The van der Waals surface area contributed by atoms with Crippen molar-refractivity contribution >= 4 is 22.8 Å². The first-order chi connectivity index (χ1) is 5.63. The molecule has 1 saturated heterocycles. The molecular formula is C7H12N2O2S. The number of carbonyl (C=O) groups is 1. The molecular weight excluding hydrogens is 176 g/mol. The highest BCUT2D eigenvalue weighted by atomic mass is 32.2. The lowest BCUT2D eigenvalue weighted by molar-refractivity contribution is -0.119. The summed E-state index contributed by atoms with van der Waals surface area (Å²) in [6.45, 7) is 4.11. The van der Waals surface area contributed by atoms with E-state index in [0.717, 1.165) is 6.42 Å². The Bertz CT molecular complexity index is 215. The fourth-order valence-corrected chi connectivity index (χ4v) is 2.16. The van der Waals surface area contributed by atoms with E-state index in [1.165, 1.54) is 11.8 Å². The van der Waals surface area contributed by atoms with Crippen LogP contribution in [0.3, 0.4) is 0 Å². The van der Waals surface area contributed by atoms with Gasteiger partial charge in [0.2, 0.25) is 11.1 Å². The number of amidine groups is 1. The Labute approximate surface area is 75.4 Å². The van der Waals surface area contributed by atoms with Gasteiger partial charge in [0.05, 0.1) is 5.25 Å². The van der Waals surface area contributed by atoms with Crippen LogP contribution in [0.2, 0.25) is 0 Å². The maximum absolute atomic E-state index is 11.2. The first-order valence-corrected chi connectivity index (χ1v) is 4.71. The van der Waals surface area contributed by atoms with Crippen LogP contribution in [0, 0.1) is 5.92 Å². The molecule has 0 aromatic carbocycles. The molecule has 1 fully saturated rings. The van der Waals surface area contributed by atoms with Crippen molar-refractivity contribution in [1.29, 1.82) is 0 Å². The van der Waals surface area contributed by atoms with Crippen LogP contribution < -0.4 is 5.32 Å². The molecule has 0 aliphatic carbocycles. The topological polar surface area (TPSA) is 61.7 Å². The Hall–Kier alpha value is -0.710. The average Bonchev–Trinajstić information content (AvgIpc) is 2.31. The lowest BCUT2D eigenvalue weighted by Gasteiger charge is -2.06. The number of amides is 1. The van der Waals surface area contributed by atoms with Gasteiger partial charge in [0.1, 0.15) is 0 Å². The first kappa shape index (κ1) is 9.38. The predicted octanol–water partition coefficient (Wildman–Crippen LogP) is 1.01. The van der Waals surface area contributed by atoms with Crippen LogP contribution >= 0.6 is 11.8 Å². The Balaban J connectivity index is 2.52. The molecule has 1 aliphatic heterocycles. The number of hydrogen-bond acceptors (Lipinski definition) is 4. The summed E-state index contributed by atoms with van der Waals surface area (Å²) in [5, 5.41) is 14.0. The van der Waals surface area contributed by atoms with E-state index in [1.54, 1.807) is 0 Å². The highest BCUT2D eigenvalue weighted by Crippen LogP contribution is 2.24. The van der Waals surface area contributed by atoms with E-state index in [4.69, 9.17) is 5.21 Å². The van der Waals surface area contributed by atoms with E-state index in [0.29, 0.717) is 11.1 Å². The molecule has 1 rings (SSSR count). The summed E-state index contributed by atoms with van der Waals surface area (Å²) in [4.78, 5) is 11.2. The second-order valence-corrected chi connectivity index (χ2v) is 4.32. The van der Waals surface area contributed by atoms with Crippen molar-refractivity contribution in [2.24, 2.45) is 11.1 Å². The van der Waals surface area contributed by atoms with E-state index in [-0.39, 0.29) is 11.2 Å². The lowest BCUT2D eigenvalue weighted by atomic mass is 10.1. The molecule has 0 bridgehead atoms. The normalized spacial score (nSPS) is 26.8. The van der Waals surface area contributed by atoms with Crippen LogP contribution in [0.5, 0.6) is 0 Å². The zero-order chi connectivity index (χ0) is 9.14. The Morgan fingerprint density at radius 1 is 1.75 bits per heavy atom. The number of hydrogen-bond donors (Lipinski definition) is 2. The number of nitrogens with one attached hydrogen (secondary N) is 1. The van der Waals surface area contributed by atoms with Gasteiger partial charge in [-0.3, -0.25) is 4.79 Å². The molecule has 12 heavy (non-hydrogen) atoms. The second kappa shape index (κ2) is 3.80. The van der Waals surface area contributed by atoms with Gasteiger partial charge in [-0.2, -0.15) is 0 Å². The molecule has 4 nitrogen and oxygen atoms in total. The minimum atomic E-state index is -0.0871. The molecule has 1 aliphatic rings. The molecule has 0 spiro atoms. The third-order valence-corrected chi connectivity index (χ3v) is 2.65. The van der Waals surface area contributed by atoms with Gasteiger partial charge in [-0.15, -0.1) is 0 Å². The molecule has 68 valence electrons. The Morgan fingerprint density at radius 3 is 2.83 bits per heavy atom. The number of carbonyl (C=O) groups excluding carboxylic acids is 1. The average molecular weight is 188 g/mol. The molecule has 2 N–H and O–H groups in total. The van der Waals surface area contributed by atoms with Gasteiger partial charge >= 0.3 is 0 Å². The fourth-order valence-electron chi connectivity index (χ4n) is 1.04. The fraction of sp³-hybridized carbons (Fsp3) is 0.714. The van der Waals surface area contributed by atoms with E-state index in [2.05, 4.69) is 24.3 Å². The zero-order valence-corrected chi connectivity index (χ0v) is 7.89. The van der Waals surface area contributed by atoms with E-state index in [9.17, 15) is 4.79 Å². The largest absolute Gasteiger partial charge is 0.409 e. The molecule has 1 amide bonds. The highest BCUT2D eigenvalue weighted by Gasteiger charge is 2.30. The summed E-state index contributed by atoms with van der Waals surface area (Å²) in [5.74, 6) is 0.424. The van der Waals surface area contributed by atoms with Crippen molar-refractivity contribution in [2.45, 2.75) is 25.5 Å². The summed E-state index contributed by atoms with van der Waals surface area (Å²) < 4.78 is 0. The summed E-state index contributed by atoms with van der Waals surface area (Å²) in [5.41, 5.74) is 0. The van der Waals surface area contributed by atoms with E-state index >= 15 is 0 Å². The third kappa shape index (κ3) is 2.14. The van der Waals surface area contributed by atoms with Crippen molar-refractivity contribution in [3.8, 4) is 0 Å². The maximum Gasteiger partial charge on any atom is 0.239 e. The quantitative estimate of drug-likeness (QED) is 0.502. The monoisotopic (exact) mass is 188 g/mol. The maximum atomic E-state index is 11.2. The smallest absolute Gasteiger partial charge is 0.239 e. The van der Waals surface area contributed by atoms with Gasteiger partial charge in [0, 0.05) is 0 Å². The van der Waals surface area contributed by atoms with Crippen molar-refractivity contribution in [3.63, 3.8) is 0 Å². The van der Waals surface area contributed by atoms with Crippen molar-refractivity contribution in [2.75, 3.05) is 0 Å². The molecule has 1 unspecified atom stereocenters. The summed E-state index contributed by atoms with van der Waals surface area (Å²) >= 11 is 1.29. The number of nitrogens with zero attached hydrogens (tertiary/aromatic N) is 1. The lowest BCUT2D eigenvalue weighted by Crippen LogP contribution is -2.25. The standard InChI is InChI=1S/C7H12N2O2S/c1-4(2)3-5-6(10)8-7(9-11)12-5/h4-5,11H,3H2,1-2H3,(H,8,9,10). The van der Waals surface area contributed by atoms with Crippen LogP contribution in [-0.4, -0.2) is 21.5 Å². The van der Waals surface area contributed by atoms with Crippen LogP contribution in [-0.2, 0) is 4.79 Å².